The zero-order chi connectivity index (χ0) is 10.4. The Balaban J connectivity index is 2.21. The number of piperazine rings is 1. The third-order valence-electron chi connectivity index (χ3n) is 3.18. The molecule has 2 N–H and O–H groups in total. The lowest BCUT2D eigenvalue weighted by Crippen LogP contribution is -2.50. The molecule has 0 amide bonds. The van der Waals surface area contributed by atoms with Gasteiger partial charge in [0.1, 0.15) is 0 Å². The predicted octanol–water partition coefficient (Wildman–Crippen LogP) is 0.751. The van der Waals surface area contributed by atoms with Crippen LogP contribution in [0.2, 0.25) is 0 Å². The Morgan fingerprint density at radius 3 is 2.36 bits per heavy atom. The van der Waals surface area contributed by atoms with E-state index < -0.39 is 0 Å². The first-order valence-electron chi connectivity index (χ1n) is 5.94. The maximum atomic E-state index is 5.55. The average Bonchev–Trinajstić information content (AvgIpc) is 2.20. The summed E-state index contributed by atoms with van der Waals surface area (Å²) in [5.74, 6) is 0. The van der Waals surface area contributed by atoms with Crippen LogP contribution in [-0.2, 0) is 0 Å². The fourth-order valence-corrected chi connectivity index (χ4v) is 2.21. The number of nitrogens with zero attached hydrogens (tertiary/aromatic N) is 2. The van der Waals surface area contributed by atoms with E-state index in [2.05, 4.69) is 23.6 Å². The molecule has 0 aromatic rings. The fourth-order valence-electron chi connectivity index (χ4n) is 2.21. The number of nitrogens with two attached hydrogens (primary N) is 1. The Morgan fingerprint density at radius 2 is 1.86 bits per heavy atom. The summed E-state index contributed by atoms with van der Waals surface area (Å²) < 4.78 is 0. The van der Waals surface area contributed by atoms with Crippen molar-refractivity contribution in [3.8, 4) is 0 Å². The van der Waals surface area contributed by atoms with Crippen molar-refractivity contribution in [3.05, 3.63) is 0 Å². The van der Waals surface area contributed by atoms with Crippen molar-refractivity contribution in [2.45, 2.75) is 32.7 Å². The minimum atomic E-state index is 0.764. The van der Waals surface area contributed by atoms with Gasteiger partial charge in [0.2, 0.25) is 0 Å². The van der Waals surface area contributed by atoms with Crippen molar-refractivity contribution in [3.63, 3.8) is 0 Å². The average molecular weight is 199 g/mol. The summed E-state index contributed by atoms with van der Waals surface area (Å²) in [6.45, 7) is 11.3. The smallest absolute Gasteiger partial charge is 0.0113 e. The lowest BCUT2D eigenvalue weighted by Gasteiger charge is -2.37. The van der Waals surface area contributed by atoms with Crippen molar-refractivity contribution >= 4 is 0 Å². The molecule has 0 aromatic heterocycles. The molecule has 1 unspecified atom stereocenters. The number of rotatable bonds is 5. The molecule has 0 aliphatic carbocycles. The SMILES string of the molecule is CCCC(C)N1CCN(CCN)CC1. The monoisotopic (exact) mass is 199 g/mol. The first kappa shape index (κ1) is 12.0. The van der Waals surface area contributed by atoms with E-state index in [1.54, 1.807) is 0 Å². The molecular weight excluding hydrogens is 174 g/mol. The highest BCUT2D eigenvalue weighted by Gasteiger charge is 2.19. The lowest BCUT2D eigenvalue weighted by molar-refractivity contribution is 0.100. The molecule has 1 atom stereocenters. The van der Waals surface area contributed by atoms with Crippen LogP contribution in [0.25, 0.3) is 0 Å². The van der Waals surface area contributed by atoms with Crippen LogP contribution in [0.5, 0.6) is 0 Å². The predicted molar refractivity (Wildman–Crippen MR) is 61.4 cm³/mol. The summed E-state index contributed by atoms with van der Waals surface area (Å²) in [7, 11) is 0. The standard InChI is InChI=1S/C11H25N3/c1-3-4-11(2)14-9-7-13(6-5-12)8-10-14/h11H,3-10,12H2,1-2H3. The molecule has 0 radical (unpaired) electrons. The van der Waals surface area contributed by atoms with E-state index in [1.165, 1.54) is 39.0 Å². The molecule has 3 nitrogen and oxygen atoms in total. The zero-order valence-electron chi connectivity index (χ0n) is 9.71. The van der Waals surface area contributed by atoms with Crippen LogP contribution in [0, 0.1) is 0 Å². The van der Waals surface area contributed by atoms with Crippen LogP contribution in [0.15, 0.2) is 0 Å². The van der Waals surface area contributed by atoms with Crippen LogP contribution < -0.4 is 5.73 Å². The summed E-state index contributed by atoms with van der Waals surface area (Å²) in [6.07, 6.45) is 2.63. The number of hydrogen-bond donors (Lipinski definition) is 1. The van der Waals surface area contributed by atoms with Gasteiger partial charge in [0.05, 0.1) is 0 Å². The normalized spacial score (nSPS) is 22.5. The van der Waals surface area contributed by atoms with Gasteiger partial charge in [-0.05, 0) is 13.3 Å². The van der Waals surface area contributed by atoms with E-state index in [-0.39, 0.29) is 0 Å². The van der Waals surface area contributed by atoms with Gasteiger partial charge in [-0.1, -0.05) is 13.3 Å². The van der Waals surface area contributed by atoms with Crippen molar-refractivity contribution in [2.75, 3.05) is 39.3 Å². The highest BCUT2D eigenvalue weighted by atomic mass is 15.3. The van der Waals surface area contributed by atoms with Gasteiger partial charge in [0, 0.05) is 45.3 Å². The Labute approximate surface area is 88.2 Å². The molecule has 1 heterocycles. The van der Waals surface area contributed by atoms with Crippen molar-refractivity contribution in [1.29, 1.82) is 0 Å². The van der Waals surface area contributed by atoms with Crippen LogP contribution in [0.3, 0.4) is 0 Å². The van der Waals surface area contributed by atoms with Gasteiger partial charge < -0.3 is 5.73 Å². The summed E-state index contributed by atoms with van der Waals surface area (Å²) in [5.41, 5.74) is 5.55. The van der Waals surface area contributed by atoms with Gasteiger partial charge in [0.25, 0.3) is 0 Å². The lowest BCUT2D eigenvalue weighted by atomic mass is 10.1. The highest BCUT2D eigenvalue weighted by Crippen LogP contribution is 2.09. The second-order valence-electron chi connectivity index (χ2n) is 4.30. The molecule has 14 heavy (non-hydrogen) atoms. The van der Waals surface area contributed by atoms with E-state index in [0.717, 1.165) is 19.1 Å². The third-order valence-corrected chi connectivity index (χ3v) is 3.18. The zero-order valence-corrected chi connectivity index (χ0v) is 9.71. The minimum Gasteiger partial charge on any atom is -0.329 e. The van der Waals surface area contributed by atoms with Crippen LogP contribution >= 0.6 is 0 Å². The fraction of sp³-hybridized carbons (Fsp3) is 1.00. The first-order chi connectivity index (χ1) is 6.77. The second kappa shape index (κ2) is 6.38. The molecule has 0 bridgehead atoms. The Kier molecular flexibility index (Phi) is 5.45. The van der Waals surface area contributed by atoms with E-state index >= 15 is 0 Å². The summed E-state index contributed by atoms with van der Waals surface area (Å²) >= 11 is 0. The van der Waals surface area contributed by atoms with Gasteiger partial charge >= 0.3 is 0 Å². The van der Waals surface area contributed by atoms with Gasteiger partial charge in [0.15, 0.2) is 0 Å². The maximum Gasteiger partial charge on any atom is 0.0113 e. The molecule has 1 aliphatic rings. The van der Waals surface area contributed by atoms with E-state index in [4.69, 9.17) is 5.73 Å². The van der Waals surface area contributed by atoms with E-state index in [1.807, 2.05) is 0 Å². The molecule has 1 aliphatic heterocycles. The summed E-state index contributed by atoms with van der Waals surface area (Å²) in [6, 6.07) is 0.764. The van der Waals surface area contributed by atoms with E-state index in [0.29, 0.717) is 0 Å². The first-order valence-corrected chi connectivity index (χ1v) is 5.94. The molecule has 1 saturated heterocycles. The van der Waals surface area contributed by atoms with E-state index in [9.17, 15) is 0 Å². The summed E-state index contributed by atoms with van der Waals surface area (Å²) in [5, 5.41) is 0. The Morgan fingerprint density at radius 1 is 1.21 bits per heavy atom. The second-order valence-corrected chi connectivity index (χ2v) is 4.30. The van der Waals surface area contributed by atoms with Gasteiger partial charge in [-0.2, -0.15) is 0 Å². The van der Waals surface area contributed by atoms with Crippen molar-refractivity contribution in [1.82, 2.24) is 9.80 Å². The highest BCUT2D eigenvalue weighted by molar-refractivity contribution is 4.75. The van der Waals surface area contributed by atoms with Crippen LogP contribution in [0.4, 0.5) is 0 Å². The molecular formula is C11H25N3. The maximum absolute atomic E-state index is 5.55. The largest absolute Gasteiger partial charge is 0.329 e. The molecule has 0 aromatic carbocycles. The molecule has 3 heteroatoms. The molecule has 1 rings (SSSR count). The van der Waals surface area contributed by atoms with Gasteiger partial charge in [-0.25, -0.2) is 0 Å². The molecule has 1 fully saturated rings. The van der Waals surface area contributed by atoms with Crippen LogP contribution in [-0.4, -0.2) is 55.1 Å². The quantitative estimate of drug-likeness (QED) is 0.709. The topological polar surface area (TPSA) is 32.5 Å². The third kappa shape index (κ3) is 3.56. The van der Waals surface area contributed by atoms with Crippen LogP contribution in [0.1, 0.15) is 26.7 Å². The minimum absolute atomic E-state index is 0.764. The van der Waals surface area contributed by atoms with Crippen molar-refractivity contribution < 1.29 is 0 Å². The number of hydrogen-bond acceptors (Lipinski definition) is 3. The van der Waals surface area contributed by atoms with Gasteiger partial charge in [-0.15, -0.1) is 0 Å². The van der Waals surface area contributed by atoms with Crippen molar-refractivity contribution in [2.24, 2.45) is 5.73 Å². The summed E-state index contributed by atoms with van der Waals surface area (Å²) in [4.78, 5) is 5.08. The molecule has 0 spiro atoms. The Bertz CT molecular complexity index is 141. The van der Waals surface area contributed by atoms with Gasteiger partial charge in [-0.3, -0.25) is 9.80 Å². The molecule has 84 valence electrons. The molecule has 0 saturated carbocycles. The Hall–Kier alpha value is -0.120.